The summed E-state index contributed by atoms with van der Waals surface area (Å²) in [6, 6.07) is 4.31. The Hall–Kier alpha value is -1.29. The molecule has 1 aliphatic heterocycles. The number of hydrogen-bond donors (Lipinski definition) is 2. The number of aliphatic hydroxyl groups is 1. The van der Waals surface area contributed by atoms with Crippen molar-refractivity contribution in [2.45, 2.75) is 18.9 Å². The quantitative estimate of drug-likeness (QED) is 0.688. The zero-order valence-corrected chi connectivity index (χ0v) is 8.70. The van der Waals surface area contributed by atoms with E-state index in [1.807, 2.05) is 4.90 Å². The zero-order valence-electron chi connectivity index (χ0n) is 8.70. The zero-order chi connectivity index (χ0) is 11.1. The van der Waals surface area contributed by atoms with Gasteiger partial charge in [0.05, 0.1) is 17.0 Å². The SMILES string of the molecule is CC1(O)CCN(c2cc(F)ccc2N)C1. The lowest BCUT2D eigenvalue weighted by atomic mass is 10.1. The predicted octanol–water partition coefficient (Wildman–Crippen LogP) is 1.37. The first-order valence-electron chi connectivity index (χ1n) is 5.00. The summed E-state index contributed by atoms with van der Waals surface area (Å²) in [4.78, 5) is 1.92. The first-order chi connectivity index (χ1) is 6.98. The van der Waals surface area contributed by atoms with E-state index < -0.39 is 5.60 Å². The fourth-order valence-electron chi connectivity index (χ4n) is 1.94. The van der Waals surface area contributed by atoms with Gasteiger partial charge >= 0.3 is 0 Å². The minimum atomic E-state index is -0.696. The highest BCUT2D eigenvalue weighted by atomic mass is 19.1. The molecule has 1 aromatic carbocycles. The Bertz CT molecular complexity index is 379. The van der Waals surface area contributed by atoms with Crippen LogP contribution in [0.3, 0.4) is 0 Å². The largest absolute Gasteiger partial charge is 0.397 e. The number of nitrogens with two attached hydrogens (primary N) is 1. The minimum Gasteiger partial charge on any atom is -0.397 e. The third-order valence-electron chi connectivity index (χ3n) is 2.78. The van der Waals surface area contributed by atoms with Crippen LogP contribution in [0, 0.1) is 5.82 Å². The van der Waals surface area contributed by atoms with E-state index in [1.165, 1.54) is 12.1 Å². The maximum Gasteiger partial charge on any atom is 0.125 e. The number of rotatable bonds is 1. The predicted molar refractivity (Wildman–Crippen MR) is 58.3 cm³/mol. The van der Waals surface area contributed by atoms with Gasteiger partial charge in [-0.15, -0.1) is 0 Å². The molecule has 4 heteroatoms. The van der Waals surface area contributed by atoms with Gasteiger partial charge in [0, 0.05) is 13.1 Å². The van der Waals surface area contributed by atoms with Crippen LogP contribution in [0.5, 0.6) is 0 Å². The molecule has 0 radical (unpaired) electrons. The summed E-state index contributed by atoms with van der Waals surface area (Å²) in [5.74, 6) is -0.300. The van der Waals surface area contributed by atoms with Gasteiger partial charge in [0.1, 0.15) is 5.82 Å². The maximum atomic E-state index is 13.0. The van der Waals surface area contributed by atoms with Gasteiger partial charge in [-0.3, -0.25) is 0 Å². The third-order valence-corrected chi connectivity index (χ3v) is 2.78. The van der Waals surface area contributed by atoms with Crippen LogP contribution >= 0.6 is 0 Å². The topological polar surface area (TPSA) is 49.5 Å². The molecule has 0 aliphatic carbocycles. The van der Waals surface area contributed by atoms with E-state index in [0.29, 0.717) is 30.9 Å². The number of halogens is 1. The van der Waals surface area contributed by atoms with E-state index in [0.717, 1.165) is 0 Å². The lowest BCUT2D eigenvalue weighted by Crippen LogP contribution is -2.29. The van der Waals surface area contributed by atoms with Crippen LogP contribution in [0.4, 0.5) is 15.8 Å². The molecule has 1 fully saturated rings. The molecule has 1 aromatic rings. The molecule has 1 saturated heterocycles. The smallest absolute Gasteiger partial charge is 0.125 e. The van der Waals surface area contributed by atoms with Gasteiger partial charge in [-0.2, -0.15) is 0 Å². The average molecular weight is 210 g/mol. The Morgan fingerprint density at radius 3 is 2.87 bits per heavy atom. The molecule has 0 aromatic heterocycles. The number of anilines is 2. The van der Waals surface area contributed by atoms with Crippen molar-refractivity contribution in [1.29, 1.82) is 0 Å². The van der Waals surface area contributed by atoms with Crippen LogP contribution in [-0.4, -0.2) is 23.8 Å². The number of benzene rings is 1. The molecular formula is C11H15FN2O. The van der Waals surface area contributed by atoms with Gasteiger partial charge in [-0.25, -0.2) is 4.39 Å². The fraction of sp³-hybridized carbons (Fsp3) is 0.455. The molecule has 2 rings (SSSR count). The number of hydrogen-bond acceptors (Lipinski definition) is 3. The summed E-state index contributed by atoms with van der Waals surface area (Å²) in [7, 11) is 0. The molecule has 0 saturated carbocycles. The number of β-amino-alcohol motifs (C(OH)–C–C–N with tert-alkyl or cyclic N) is 1. The van der Waals surface area contributed by atoms with Crippen molar-refractivity contribution in [1.82, 2.24) is 0 Å². The van der Waals surface area contributed by atoms with Gasteiger partial charge in [0.25, 0.3) is 0 Å². The molecule has 15 heavy (non-hydrogen) atoms. The molecule has 3 N–H and O–H groups in total. The minimum absolute atomic E-state index is 0.300. The third kappa shape index (κ3) is 2.04. The van der Waals surface area contributed by atoms with E-state index >= 15 is 0 Å². The Balaban J connectivity index is 2.27. The van der Waals surface area contributed by atoms with E-state index in [1.54, 1.807) is 13.0 Å². The Morgan fingerprint density at radius 2 is 2.27 bits per heavy atom. The summed E-state index contributed by atoms with van der Waals surface area (Å²) >= 11 is 0. The molecule has 82 valence electrons. The van der Waals surface area contributed by atoms with Gasteiger partial charge in [-0.05, 0) is 31.5 Å². The van der Waals surface area contributed by atoms with Crippen molar-refractivity contribution in [3.05, 3.63) is 24.0 Å². The molecule has 1 atom stereocenters. The van der Waals surface area contributed by atoms with Crippen molar-refractivity contribution < 1.29 is 9.50 Å². The summed E-state index contributed by atoms with van der Waals surface area (Å²) in [6.45, 7) is 2.99. The Labute approximate surface area is 88.3 Å². The van der Waals surface area contributed by atoms with Gasteiger partial charge in [-0.1, -0.05) is 0 Å². The molecule has 1 aliphatic rings. The highest BCUT2D eigenvalue weighted by Crippen LogP contribution is 2.30. The fourth-order valence-corrected chi connectivity index (χ4v) is 1.94. The summed E-state index contributed by atoms with van der Waals surface area (Å²) in [5, 5.41) is 9.81. The summed E-state index contributed by atoms with van der Waals surface area (Å²) in [6.07, 6.45) is 0.683. The summed E-state index contributed by atoms with van der Waals surface area (Å²) in [5.41, 5.74) is 6.30. The summed E-state index contributed by atoms with van der Waals surface area (Å²) < 4.78 is 13.0. The second kappa shape index (κ2) is 3.38. The molecule has 0 spiro atoms. The van der Waals surface area contributed by atoms with Crippen LogP contribution in [0.15, 0.2) is 18.2 Å². The van der Waals surface area contributed by atoms with Crippen molar-refractivity contribution in [3.8, 4) is 0 Å². The molecule has 0 amide bonds. The van der Waals surface area contributed by atoms with Crippen LogP contribution in [0.1, 0.15) is 13.3 Å². The van der Waals surface area contributed by atoms with Gasteiger partial charge < -0.3 is 15.7 Å². The van der Waals surface area contributed by atoms with Crippen LogP contribution in [0.25, 0.3) is 0 Å². The van der Waals surface area contributed by atoms with E-state index in [4.69, 9.17) is 5.73 Å². The molecule has 1 unspecified atom stereocenters. The van der Waals surface area contributed by atoms with E-state index in [-0.39, 0.29) is 5.82 Å². The first kappa shape index (κ1) is 10.2. The van der Waals surface area contributed by atoms with Crippen molar-refractivity contribution in [3.63, 3.8) is 0 Å². The Kier molecular flexibility index (Phi) is 2.31. The van der Waals surface area contributed by atoms with E-state index in [2.05, 4.69) is 0 Å². The van der Waals surface area contributed by atoms with Crippen LogP contribution < -0.4 is 10.6 Å². The molecular weight excluding hydrogens is 195 g/mol. The standard InChI is InChI=1S/C11H15FN2O/c1-11(15)4-5-14(7-11)10-6-8(12)2-3-9(10)13/h2-3,6,15H,4-5,7,13H2,1H3. The Morgan fingerprint density at radius 1 is 1.53 bits per heavy atom. The van der Waals surface area contributed by atoms with Gasteiger partial charge in [0.15, 0.2) is 0 Å². The van der Waals surface area contributed by atoms with Crippen molar-refractivity contribution >= 4 is 11.4 Å². The normalized spacial score (nSPS) is 25.9. The maximum absolute atomic E-state index is 13.0. The number of nitrogen functional groups attached to an aromatic ring is 1. The second-order valence-electron chi connectivity index (χ2n) is 4.37. The highest BCUT2D eigenvalue weighted by molar-refractivity contribution is 5.68. The number of nitrogens with zero attached hydrogens (tertiary/aromatic N) is 1. The van der Waals surface area contributed by atoms with Crippen LogP contribution in [-0.2, 0) is 0 Å². The van der Waals surface area contributed by atoms with Crippen molar-refractivity contribution in [2.75, 3.05) is 23.7 Å². The molecule has 1 heterocycles. The highest BCUT2D eigenvalue weighted by Gasteiger charge is 2.32. The van der Waals surface area contributed by atoms with Gasteiger partial charge in [0.2, 0.25) is 0 Å². The first-order valence-corrected chi connectivity index (χ1v) is 5.00. The van der Waals surface area contributed by atoms with Crippen LogP contribution in [0.2, 0.25) is 0 Å². The lowest BCUT2D eigenvalue weighted by Gasteiger charge is -2.22. The molecule has 0 bridgehead atoms. The van der Waals surface area contributed by atoms with E-state index in [9.17, 15) is 9.50 Å². The monoisotopic (exact) mass is 210 g/mol. The average Bonchev–Trinajstić information content (AvgIpc) is 2.50. The second-order valence-corrected chi connectivity index (χ2v) is 4.37. The lowest BCUT2D eigenvalue weighted by molar-refractivity contribution is 0.0839. The van der Waals surface area contributed by atoms with Crippen molar-refractivity contribution in [2.24, 2.45) is 0 Å². The molecule has 3 nitrogen and oxygen atoms in total.